The highest BCUT2D eigenvalue weighted by atomic mass is 16.5. The third kappa shape index (κ3) is 2.25. The molecular weight excluding hydrogens is 268 g/mol. The molecule has 0 aliphatic rings. The quantitative estimate of drug-likeness (QED) is 0.568. The average molecular weight is 278 g/mol. The Bertz CT molecular complexity index is 850. The lowest BCUT2D eigenvalue weighted by atomic mass is 10.1. The van der Waals surface area contributed by atoms with Crippen molar-refractivity contribution in [2.24, 2.45) is 0 Å². The molecule has 4 aromatic rings. The van der Waals surface area contributed by atoms with Crippen LogP contribution >= 0.6 is 0 Å². The zero-order valence-electron chi connectivity index (χ0n) is 10.9. The van der Waals surface area contributed by atoms with E-state index in [1.165, 1.54) is 0 Å². The Kier molecular flexibility index (Phi) is 2.67. The molecule has 21 heavy (non-hydrogen) atoms. The summed E-state index contributed by atoms with van der Waals surface area (Å²) < 4.78 is 6.79. The van der Waals surface area contributed by atoms with Gasteiger partial charge in [-0.2, -0.15) is 9.97 Å². The Balaban J connectivity index is 1.64. The third-order valence-corrected chi connectivity index (χ3v) is 2.98. The number of hydrogen-bond donors (Lipinski definition) is 0. The largest absolute Gasteiger partial charge is 0.330 e. The van der Waals surface area contributed by atoms with Gasteiger partial charge in [-0.05, 0) is 11.6 Å². The monoisotopic (exact) mass is 278 g/mol. The van der Waals surface area contributed by atoms with E-state index in [0.29, 0.717) is 29.7 Å². The van der Waals surface area contributed by atoms with E-state index < -0.39 is 0 Å². The van der Waals surface area contributed by atoms with Crippen LogP contribution in [0.5, 0.6) is 0 Å². The van der Waals surface area contributed by atoms with Gasteiger partial charge in [0.05, 0.1) is 0 Å². The average Bonchev–Trinajstić information content (AvgIpc) is 3.14. The van der Waals surface area contributed by atoms with Crippen molar-refractivity contribution in [3.8, 4) is 11.7 Å². The van der Waals surface area contributed by atoms with Crippen LogP contribution < -0.4 is 0 Å². The first-order chi connectivity index (χ1) is 10.4. The van der Waals surface area contributed by atoms with Crippen LogP contribution in [0, 0.1) is 0 Å². The van der Waals surface area contributed by atoms with Crippen molar-refractivity contribution < 1.29 is 4.52 Å². The van der Waals surface area contributed by atoms with Gasteiger partial charge in [-0.25, -0.2) is 9.50 Å². The van der Waals surface area contributed by atoms with Crippen molar-refractivity contribution in [1.29, 1.82) is 0 Å². The zero-order chi connectivity index (χ0) is 14.1. The van der Waals surface area contributed by atoms with E-state index in [9.17, 15) is 0 Å². The summed E-state index contributed by atoms with van der Waals surface area (Å²) in [6, 6.07) is 11.7. The second kappa shape index (κ2) is 4.78. The van der Waals surface area contributed by atoms with Crippen molar-refractivity contribution >= 4 is 5.78 Å². The van der Waals surface area contributed by atoms with Crippen LogP contribution in [0.25, 0.3) is 17.5 Å². The topological polar surface area (TPSA) is 82.0 Å². The maximum absolute atomic E-state index is 5.23. The van der Waals surface area contributed by atoms with E-state index in [4.69, 9.17) is 4.52 Å². The third-order valence-electron chi connectivity index (χ3n) is 2.98. The van der Waals surface area contributed by atoms with E-state index in [1.54, 1.807) is 23.0 Å². The minimum atomic E-state index is 0.298. The lowest BCUT2D eigenvalue weighted by molar-refractivity contribution is 0.421. The lowest BCUT2D eigenvalue weighted by Crippen LogP contribution is -1.90. The summed E-state index contributed by atoms with van der Waals surface area (Å²) in [7, 11) is 0. The first-order valence-electron chi connectivity index (χ1n) is 6.43. The molecule has 7 nitrogen and oxygen atoms in total. The summed E-state index contributed by atoms with van der Waals surface area (Å²) in [5, 5.41) is 8.21. The molecule has 0 N–H and O–H groups in total. The normalized spacial score (nSPS) is 11.0. The summed E-state index contributed by atoms with van der Waals surface area (Å²) in [4.78, 5) is 12.7. The minimum absolute atomic E-state index is 0.298. The molecule has 0 saturated heterocycles. The number of hydrogen-bond acceptors (Lipinski definition) is 6. The molecular formula is C14H10N6O. The molecule has 7 heteroatoms. The molecule has 0 spiro atoms. The molecule has 0 bridgehead atoms. The van der Waals surface area contributed by atoms with Gasteiger partial charge in [0.2, 0.25) is 5.82 Å². The Labute approximate surface area is 119 Å². The number of benzene rings is 1. The molecule has 0 unspecified atom stereocenters. The van der Waals surface area contributed by atoms with Gasteiger partial charge in [-0.3, -0.25) is 0 Å². The molecule has 0 aliphatic carbocycles. The van der Waals surface area contributed by atoms with Crippen molar-refractivity contribution in [2.75, 3.05) is 0 Å². The highest BCUT2D eigenvalue weighted by Gasteiger charge is 2.14. The second-order valence-electron chi connectivity index (χ2n) is 4.48. The van der Waals surface area contributed by atoms with Crippen LogP contribution in [0.2, 0.25) is 0 Å². The second-order valence-corrected chi connectivity index (χ2v) is 4.48. The van der Waals surface area contributed by atoms with Gasteiger partial charge in [-0.1, -0.05) is 35.5 Å². The van der Waals surface area contributed by atoms with Crippen LogP contribution in [0.3, 0.4) is 0 Å². The minimum Gasteiger partial charge on any atom is -0.330 e. The molecule has 1 aromatic carbocycles. The predicted molar refractivity (Wildman–Crippen MR) is 73.3 cm³/mol. The number of rotatable bonds is 3. The van der Waals surface area contributed by atoms with Gasteiger partial charge < -0.3 is 4.52 Å². The van der Waals surface area contributed by atoms with Crippen LogP contribution in [-0.2, 0) is 6.42 Å². The van der Waals surface area contributed by atoms with Gasteiger partial charge in [0.1, 0.15) is 0 Å². The van der Waals surface area contributed by atoms with Gasteiger partial charge in [0.15, 0.2) is 5.82 Å². The SMILES string of the molecule is c1ccc(Cc2noc(-c3nc4ncccn4n3)n2)cc1. The Morgan fingerprint density at radius 2 is 1.95 bits per heavy atom. The number of aromatic nitrogens is 6. The summed E-state index contributed by atoms with van der Waals surface area (Å²) in [6.07, 6.45) is 4.03. The van der Waals surface area contributed by atoms with Crippen LogP contribution in [0.15, 0.2) is 53.3 Å². The molecule has 0 saturated carbocycles. The maximum atomic E-state index is 5.23. The highest BCUT2D eigenvalue weighted by molar-refractivity contribution is 5.44. The van der Waals surface area contributed by atoms with Crippen LogP contribution in [0.4, 0.5) is 0 Å². The van der Waals surface area contributed by atoms with Gasteiger partial charge in [-0.15, -0.1) is 5.10 Å². The maximum Gasteiger partial charge on any atom is 0.297 e. The first kappa shape index (κ1) is 11.7. The molecule has 0 atom stereocenters. The molecule has 0 radical (unpaired) electrons. The van der Waals surface area contributed by atoms with Crippen molar-refractivity contribution in [3.63, 3.8) is 0 Å². The molecule has 4 rings (SSSR count). The Hall–Kier alpha value is -3.09. The van der Waals surface area contributed by atoms with E-state index in [-0.39, 0.29) is 0 Å². The molecule has 0 amide bonds. The van der Waals surface area contributed by atoms with Gasteiger partial charge in [0.25, 0.3) is 11.7 Å². The zero-order valence-corrected chi connectivity index (χ0v) is 10.9. The predicted octanol–water partition coefficient (Wildman–Crippen LogP) is 1.77. The molecule has 0 aliphatic heterocycles. The summed E-state index contributed by atoms with van der Waals surface area (Å²) >= 11 is 0. The summed E-state index contributed by atoms with van der Waals surface area (Å²) in [5.74, 6) is 1.77. The molecule has 102 valence electrons. The fourth-order valence-electron chi connectivity index (χ4n) is 2.02. The van der Waals surface area contributed by atoms with Crippen molar-refractivity contribution in [1.82, 2.24) is 29.7 Å². The van der Waals surface area contributed by atoms with E-state index in [0.717, 1.165) is 5.56 Å². The first-order valence-corrected chi connectivity index (χ1v) is 6.43. The van der Waals surface area contributed by atoms with E-state index in [1.807, 2.05) is 30.3 Å². The Morgan fingerprint density at radius 1 is 1.05 bits per heavy atom. The van der Waals surface area contributed by atoms with Crippen molar-refractivity contribution in [3.05, 3.63) is 60.2 Å². The standard InChI is InChI=1S/C14H10N6O/c1-2-5-10(6-3-1)9-11-16-13(21-19-11)12-17-14-15-7-4-8-20(14)18-12/h1-8H,9H2. The number of fused-ring (bicyclic) bond motifs is 1. The van der Waals surface area contributed by atoms with Crippen LogP contribution in [0.1, 0.15) is 11.4 Å². The lowest BCUT2D eigenvalue weighted by Gasteiger charge is -1.93. The van der Waals surface area contributed by atoms with Gasteiger partial charge >= 0.3 is 0 Å². The summed E-state index contributed by atoms with van der Waals surface area (Å²) in [5.41, 5.74) is 1.12. The highest BCUT2D eigenvalue weighted by Crippen LogP contribution is 2.14. The fourth-order valence-corrected chi connectivity index (χ4v) is 2.02. The fraction of sp³-hybridized carbons (Fsp3) is 0.0714. The Morgan fingerprint density at radius 3 is 2.81 bits per heavy atom. The van der Waals surface area contributed by atoms with E-state index >= 15 is 0 Å². The van der Waals surface area contributed by atoms with Crippen molar-refractivity contribution in [2.45, 2.75) is 6.42 Å². The smallest absolute Gasteiger partial charge is 0.297 e. The van der Waals surface area contributed by atoms with Crippen LogP contribution in [-0.4, -0.2) is 29.7 Å². The molecule has 3 aromatic heterocycles. The molecule has 0 fully saturated rings. The molecule has 3 heterocycles. The summed E-state index contributed by atoms with van der Waals surface area (Å²) in [6.45, 7) is 0. The van der Waals surface area contributed by atoms with Gasteiger partial charge in [0, 0.05) is 18.8 Å². The number of nitrogens with zero attached hydrogens (tertiary/aromatic N) is 6. The van der Waals surface area contributed by atoms with E-state index in [2.05, 4.69) is 25.2 Å².